The summed E-state index contributed by atoms with van der Waals surface area (Å²) in [6.45, 7) is 2.19. The second-order valence-electron chi connectivity index (χ2n) is 7.08. The lowest BCUT2D eigenvalue weighted by atomic mass is 10.00. The van der Waals surface area contributed by atoms with E-state index in [2.05, 4.69) is 20.2 Å². The van der Waals surface area contributed by atoms with Crippen molar-refractivity contribution in [2.45, 2.75) is 38.4 Å². The minimum Gasteiger partial charge on any atom is -0.417 e. The average Bonchev–Trinajstić information content (AvgIpc) is 3.23. The van der Waals surface area contributed by atoms with Crippen LogP contribution in [0.4, 0.5) is 13.2 Å². The highest BCUT2D eigenvalue weighted by molar-refractivity contribution is 5.94. The topological polar surface area (TPSA) is 85.0 Å². The second-order valence-corrected chi connectivity index (χ2v) is 7.08. The zero-order valence-corrected chi connectivity index (χ0v) is 16.1. The molecule has 1 aliphatic rings. The molecule has 3 aromatic rings. The number of aromatic nitrogens is 4. The standard InChI is InChI=1S/C20H18F3N5O2/c1-12-10-25-15(11-24-12)17-26-27-18(30-17)16-7-2-3-8-28(16)19(29)13-5-4-6-14(9-13)20(21,22)23/h4-6,9-11,16H,2-3,7-8H2,1H3/t16-/m1/s1. The summed E-state index contributed by atoms with van der Waals surface area (Å²) in [6.07, 6.45) is 0.715. The number of hydrogen-bond donors (Lipinski definition) is 0. The maximum atomic E-state index is 13.0. The molecule has 1 fully saturated rings. The van der Waals surface area contributed by atoms with Gasteiger partial charge in [-0.05, 0) is 44.4 Å². The monoisotopic (exact) mass is 417 g/mol. The summed E-state index contributed by atoms with van der Waals surface area (Å²) >= 11 is 0. The van der Waals surface area contributed by atoms with Gasteiger partial charge in [-0.2, -0.15) is 13.2 Å². The number of carbonyl (C=O) groups excluding carboxylic acids is 1. The van der Waals surface area contributed by atoms with E-state index in [-0.39, 0.29) is 17.3 Å². The Morgan fingerprint density at radius 1 is 1.17 bits per heavy atom. The molecule has 7 nitrogen and oxygen atoms in total. The molecule has 1 amide bonds. The molecule has 2 aromatic heterocycles. The number of hydrogen-bond acceptors (Lipinski definition) is 6. The molecule has 0 unspecified atom stereocenters. The number of amides is 1. The van der Waals surface area contributed by atoms with Crippen molar-refractivity contribution in [3.05, 3.63) is 59.4 Å². The number of aryl methyl sites for hydroxylation is 1. The maximum absolute atomic E-state index is 13.0. The van der Waals surface area contributed by atoms with Crippen molar-refractivity contribution in [1.29, 1.82) is 0 Å². The zero-order chi connectivity index (χ0) is 21.3. The molecule has 1 aromatic carbocycles. The van der Waals surface area contributed by atoms with Crippen molar-refractivity contribution in [2.24, 2.45) is 0 Å². The smallest absolute Gasteiger partial charge is 0.416 e. The molecule has 0 saturated carbocycles. The number of nitrogens with zero attached hydrogens (tertiary/aromatic N) is 5. The molecule has 0 N–H and O–H groups in total. The van der Waals surface area contributed by atoms with Crippen LogP contribution in [0.1, 0.15) is 52.8 Å². The summed E-state index contributed by atoms with van der Waals surface area (Å²) in [5.74, 6) is -0.0948. The summed E-state index contributed by atoms with van der Waals surface area (Å²) in [4.78, 5) is 22.9. The van der Waals surface area contributed by atoms with Crippen molar-refractivity contribution < 1.29 is 22.4 Å². The number of rotatable bonds is 3. The van der Waals surface area contributed by atoms with Gasteiger partial charge < -0.3 is 9.32 Å². The number of benzene rings is 1. The Morgan fingerprint density at radius 2 is 2.00 bits per heavy atom. The van der Waals surface area contributed by atoms with Gasteiger partial charge >= 0.3 is 6.18 Å². The fourth-order valence-corrected chi connectivity index (χ4v) is 3.40. The van der Waals surface area contributed by atoms with E-state index < -0.39 is 23.7 Å². The van der Waals surface area contributed by atoms with Crippen LogP contribution in [0.15, 0.2) is 41.1 Å². The SMILES string of the molecule is Cc1cnc(-c2nnc([C@H]3CCCCN3C(=O)c3cccc(C(F)(F)F)c3)o2)cn1. The molecule has 0 bridgehead atoms. The Balaban J connectivity index is 1.61. The number of likely N-dealkylation sites (tertiary alicyclic amines) is 1. The molecule has 1 aliphatic heterocycles. The van der Waals surface area contributed by atoms with Gasteiger partial charge in [0.1, 0.15) is 11.7 Å². The van der Waals surface area contributed by atoms with Crippen LogP contribution in [-0.4, -0.2) is 37.5 Å². The highest BCUT2D eigenvalue weighted by atomic mass is 19.4. The van der Waals surface area contributed by atoms with Crippen LogP contribution < -0.4 is 0 Å². The van der Waals surface area contributed by atoms with Crippen molar-refractivity contribution in [2.75, 3.05) is 6.54 Å². The van der Waals surface area contributed by atoms with Gasteiger partial charge in [0, 0.05) is 18.3 Å². The minimum absolute atomic E-state index is 0.0270. The quantitative estimate of drug-likeness (QED) is 0.634. The number of halogens is 3. The van der Waals surface area contributed by atoms with Gasteiger partial charge in [-0.1, -0.05) is 6.07 Å². The summed E-state index contributed by atoms with van der Waals surface area (Å²) in [5.41, 5.74) is 0.260. The van der Waals surface area contributed by atoms with Gasteiger partial charge in [0.2, 0.25) is 5.89 Å². The second kappa shape index (κ2) is 7.85. The van der Waals surface area contributed by atoms with Crippen LogP contribution in [0, 0.1) is 6.92 Å². The van der Waals surface area contributed by atoms with Gasteiger partial charge in [-0.25, -0.2) is 4.98 Å². The van der Waals surface area contributed by atoms with Crippen LogP contribution in [-0.2, 0) is 6.18 Å². The molecule has 1 saturated heterocycles. The highest BCUT2D eigenvalue weighted by Gasteiger charge is 2.35. The lowest BCUT2D eigenvalue weighted by molar-refractivity contribution is -0.137. The molecule has 4 rings (SSSR count). The van der Waals surface area contributed by atoms with Crippen molar-refractivity contribution in [1.82, 2.24) is 25.1 Å². The first kappa shape index (κ1) is 20.0. The fraction of sp³-hybridized carbons (Fsp3) is 0.350. The van der Waals surface area contributed by atoms with Gasteiger partial charge in [-0.15, -0.1) is 10.2 Å². The van der Waals surface area contributed by atoms with E-state index in [4.69, 9.17) is 4.42 Å². The normalized spacial score (nSPS) is 17.2. The third kappa shape index (κ3) is 4.03. The van der Waals surface area contributed by atoms with Crippen molar-refractivity contribution in [3.63, 3.8) is 0 Å². The van der Waals surface area contributed by atoms with Gasteiger partial charge in [0.15, 0.2) is 0 Å². The van der Waals surface area contributed by atoms with Crippen molar-refractivity contribution >= 4 is 5.91 Å². The first-order chi connectivity index (χ1) is 14.3. The summed E-state index contributed by atoms with van der Waals surface area (Å²) < 4.78 is 44.8. The average molecular weight is 417 g/mol. The number of piperidine rings is 1. The number of alkyl halides is 3. The molecule has 30 heavy (non-hydrogen) atoms. The minimum atomic E-state index is -4.52. The van der Waals surface area contributed by atoms with E-state index in [1.807, 2.05) is 0 Å². The summed E-state index contributed by atoms with van der Waals surface area (Å²) in [7, 11) is 0. The van der Waals surface area contributed by atoms with E-state index in [0.29, 0.717) is 18.7 Å². The van der Waals surface area contributed by atoms with Crippen molar-refractivity contribution in [3.8, 4) is 11.6 Å². The van der Waals surface area contributed by atoms with E-state index in [1.54, 1.807) is 13.1 Å². The predicted octanol–water partition coefficient (Wildman–Crippen LogP) is 4.22. The Hall–Kier alpha value is -3.30. The maximum Gasteiger partial charge on any atom is 0.416 e. The molecule has 10 heteroatoms. The van der Waals surface area contributed by atoms with Crippen LogP contribution in [0.25, 0.3) is 11.6 Å². The molecular weight excluding hydrogens is 399 g/mol. The molecule has 156 valence electrons. The van der Waals surface area contributed by atoms with Crippen LogP contribution in [0.5, 0.6) is 0 Å². The first-order valence-electron chi connectivity index (χ1n) is 9.43. The lowest BCUT2D eigenvalue weighted by Gasteiger charge is -2.33. The molecule has 0 radical (unpaired) electrons. The van der Waals surface area contributed by atoms with E-state index >= 15 is 0 Å². The predicted molar refractivity (Wildman–Crippen MR) is 99.1 cm³/mol. The van der Waals surface area contributed by atoms with Gasteiger partial charge in [-0.3, -0.25) is 9.78 Å². The number of carbonyl (C=O) groups is 1. The Kier molecular flexibility index (Phi) is 5.23. The third-order valence-corrected chi connectivity index (χ3v) is 4.93. The Labute approximate surface area is 170 Å². The largest absolute Gasteiger partial charge is 0.417 e. The first-order valence-corrected chi connectivity index (χ1v) is 9.43. The van der Waals surface area contributed by atoms with Crippen LogP contribution in [0.3, 0.4) is 0 Å². The zero-order valence-electron chi connectivity index (χ0n) is 16.1. The Bertz CT molecular complexity index is 1050. The fourth-order valence-electron chi connectivity index (χ4n) is 3.40. The summed E-state index contributed by atoms with van der Waals surface area (Å²) in [6, 6.07) is 3.91. The molecule has 3 heterocycles. The van der Waals surface area contributed by atoms with Crippen LogP contribution >= 0.6 is 0 Å². The molecule has 0 aliphatic carbocycles. The molecule has 0 spiro atoms. The molecular formula is C20H18F3N5O2. The lowest BCUT2D eigenvalue weighted by Crippen LogP contribution is -2.38. The highest BCUT2D eigenvalue weighted by Crippen LogP contribution is 2.34. The summed E-state index contributed by atoms with van der Waals surface area (Å²) in [5, 5.41) is 8.06. The van der Waals surface area contributed by atoms with E-state index in [9.17, 15) is 18.0 Å². The van der Waals surface area contributed by atoms with Crippen LogP contribution in [0.2, 0.25) is 0 Å². The third-order valence-electron chi connectivity index (χ3n) is 4.93. The Morgan fingerprint density at radius 3 is 2.73 bits per heavy atom. The van der Waals surface area contributed by atoms with Gasteiger partial charge in [0.05, 0.1) is 17.5 Å². The van der Waals surface area contributed by atoms with Gasteiger partial charge in [0.25, 0.3) is 11.8 Å². The van der Waals surface area contributed by atoms with E-state index in [0.717, 1.165) is 30.7 Å². The van der Waals surface area contributed by atoms with E-state index in [1.165, 1.54) is 23.2 Å². The molecule has 1 atom stereocenters.